The fourth-order valence-corrected chi connectivity index (χ4v) is 0.637. The smallest absolute Gasteiger partial charge is 0.244 e. The fraction of sp³-hybridized carbons (Fsp3) is 0. The maximum absolute atomic E-state index is 10.5. The van der Waals surface area contributed by atoms with E-state index in [0.717, 1.165) is 0 Å². The van der Waals surface area contributed by atoms with Gasteiger partial charge >= 0.3 is 6.03 Å². The third-order valence-corrected chi connectivity index (χ3v) is 1.04. The maximum Gasteiger partial charge on any atom is 0.369 e. The molecule has 5 nitrogen and oxygen atoms in total. The summed E-state index contributed by atoms with van der Waals surface area (Å²) in [6.07, 6.45) is 3.72. The van der Waals surface area contributed by atoms with Crippen LogP contribution >= 0.6 is 0 Å². The van der Waals surface area contributed by atoms with Gasteiger partial charge in [0.15, 0.2) is 5.84 Å². The Kier molecular flexibility index (Phi) is 0.858. The standard InChI is InChI=1S/C5HN4O/c10-5-6-1-3-4(9-5)8-2-7-3/h2H. The Labute approximate surface area is 55.9 Å². The Hall–Kier alpha value is -1.65. The minimum atomic E-state index is -0.576. The molecule has 2 rings (SSSR count). The Bertz CT molecular complexity index is 310. The van der Waals surface area contributed by atoms with Crippen molar-refractivity contribution >= 4 is 30.1 Å². The number of amides is 2. The van der Waals surface area contributed by atoms with Gasteiger partial charge in [-0.2, -0.15) is 9.98 Å². The summed E-state index contributed by atoms with van der Waals surface area (Å²) >= 11 is 0. The van der Waals surface area contributed by atoms with E-state index in [2.05, 4.69) is 26.2 Å². The summed E-state index contributed by atoms with van der Waals surface area (Å²) in [6.45, 7) is 0. The van der Waals surface area contributed by atoms with Crippen LogP contribution in [0.1, 0.15) is 0 Å². The summed E-state index contributed by atoms with van der Waals surface area (Å²) in [6, 6.07) is -0.576. The first-order chi connectivity index (χ1) is 4.86. The van der Waals surface area contributed by atoms with Crippen molar-refractivity contribution in [2.45, 2.75) is 0 Å². The molecule has 0 spiro atoms. The van der Waals surface area contributed by atoms with Crippen LogP contribution in [-0.2, 0) is 0 Å². The first kappa shape index (κ1) is 5.16. The van der Waals surface area contributed by atoms with E-state index in [9.17, 15) is 4.79 Å². The van der Waals surface area contributed by atoms with Gasteiger partial charge in [0.05, 0.1) is 0 Å². The van der Waals surface area contributed by atoms with Gasteiger partial charge in [-0.3, -0.25) is 0 Å². The third kappa shape index (κ3) is 0.604. The van der Waals surface area contributed by atoms with E-state index in [1.54, 1.807) is 0 Å². The predicted molar refractivity (Wildman–Crippen MR) is 36.2 cm³/mol. The lowest BCUT2D eigenvalue weighted by Crippen LogP contribution is -2.16. The molecule has 2 aliphatic heterocycles. The number of hydrogen-bond acceptors (Lipinski definition) is 3. The second-order valence-electron chi connectivity index (χ2n) is 1.66. The first-order valence-corrected chi connectivity index (χ1v) is 2.56. The number of aliphatic imine (C=N–C) groups is 4. The van der Waals surface area contributed by atoms with Crippen molar-refractivity contribution in [1.29, 1.82) is 0 Å². The molecule has 0 saturated carbocycles. The topological polar surface area (TPSA) is 66.5 Å². The van der Waals surface area contributed by atoms with Crippen molar-refractivity contribution in [2.24, 2.45) is 20.0 Å². The zero-order chi connectivity index (χ0) is 6.97. The Morgan fingerprint density at radius 2 is 2.40 bits per heavy atom. The first-order valence-electron chi connectivity index (χ1n) is 2.56. The minimum Gasteiger partial charge on any atom is -0.244 e. The van der Waals surface area contributed by atoms with E-state index >= 15 is 0 Å². The van der Waals surface area contributed by atoms with Crippen molar-refractivity contribution in [3.8, 4) is 0 Å². The van der Waals surface area contributed by atoms with E-state index in [4.69, 9.17) is 0 Å². The van der Waals surface area contributed by atoms with E-state index < -0.39 is 6.03 Å². The minimum absolute atomic E-state index is 0.306. The molecule has 2 amide bonds. The quantitative estimate of drug-likeness (QED) is 0.456. The molecule has 1 radical (unpaired) electrons. The molecule has 0 aliphatic carbocycles. The molecule has 0 aromatic carbocycles. The maximum atomic E-state index is 10.5. The number of nitrogens with zero attached hydrogens (tertiary/aromatic N) is 4. The summed E-state index contributed by atoms with van der Waals surface area (Å²) in [5.41, 5.74) is 0.430. The number of carbonyl (C=O) groups is 1. The summed E-state index contributed by atoms with van der Waals surface area (Å²) in [5.74, 6) is 0.306. The molecule has 0 fully saturated rings. The van der Waals surface area contributed by atoms with Gasteiger partial charge in [-0.25, -0.2) is 14.8 Å². The van der Waals surface area contributed by atoms with Crippen LogP contribution in [0.3, 0.4) is 0 Å². The van der Waals surface area contributed by atoms with Crippen molar-refractivity contribution in [3.05, 3.63) is 0 Å². The highest BCUT2D eigenvalue weighted by Crippen LogP contribution is 1.99. The number of urea groups is 1. The second-order valence-corrected chi connectivity index (χ2v) is 1.66. The molecule has 2 heterocycles. The van der Waals surface area contributed by atoms with Gasteiger partial charge < -0.3 is 0 Å². The monoisotopic (exact) mass is 133 g/mol. The number of hydrogen-bond donors (Lipinski definition) is 0. The van der Waals surface area contributed by atoms with Crippen LogP contribution < -0.4 is 0 Å². The molecule has 2 aliphatic rings. The van der Waals surface area contributed by atoms with Crippen LogP contribution in [0.2, 0.25) is 0 Å². The molecule has 0 aromatic heterocycles. The molecule has 0 unspecified atom stereocenters. The number of fused-ring (bicyclic) bond motifs is 1. The van der Waals surface area contributed by atoms with E-state index in [1.807, 2.05) is 0 Å². The molecule has 0 saturated heterocycles. The normalized spacial score (nSPS) is 20.6. The van der Waals surface area contributed by atoms with Gasteiger partial charge in [0, 0.05) is 0 Å². The van der Waals surface area contributed by atoms with Gasteiger partial charge in [0.25, 0.3) is 0 Å². The van der Waals surface area contributed by atoms with Crippen LogP contribution in [0, 0.1) is 0 Å². The van der Waals surface area contributed by atoms with Crippen molar-refractivity contribution < 1.29 is 4.79 Å². The second kappa shape index (κ2) is 1.66. The summed E-state index contributed by atoms with van der Waals surface area (Å²) in [7, 11) is 0. The van der Waals surface area contributed by atoms with E-state index in [1.165, 1.54) is 6.34 Å². The van der Waals surface area contributed by atoms with E-state index in [0.29, 0.717) is 11.5 Å². The summed E-state index contributed by atoms with van der Waals surface area (Å²) < 4.78 is 0. The molecule has 5 heteroatoms. The SMILES string of the molecule is O=C1N=[C]C2=NC=NC2=N1. The Morgan fingerprint density at radius 3 is 3.30 bits per heavy atom. The third-order valence-electron chi connectivity index (χ3n) is 1.04. The fourth-order valence-electron chi connectivity index (χ4n) is 0.637. The largest absolute Gasteiger partial charge is 0.369 e. The van der Waals surface area contributed by atoms with Gasteiger partial charge in [0.1, 0.15) is 18.3 Å². The van der Waals surface area contributed by atoms with Crippen molar-refractivity contribution in [3.63, 3.8) is 0 Å². The Balaban J connectivity index is 2.51. The number of carbonyl (C=O) groups excluding carboxylic acids is 1. The van der Waals surface area contributed by atoms with Crippen LogP contribution in [0.15, 0.2) is 20.0 Å². The molecule has 47 valence electrons. The molecule has 0 bridgehead atoms. The number of rotatable bonds is 0. The highest BCUT2D eigenvalue weighted by Gasteiger charge is 2.16. The van der Waals surface area contributed by atoms with Gasteiger partial charge in [-0.05, 0) is 0 Å². The van der Waals surface area contributed by atoms with Crippen LogP contribution in [0.4, 0.5) is 4.79 Å². The van der Waals surface area contributed by atoms with Crippen molar-refractivity contribution in [2.75, 3.05) is 0 Å². The van der Waals surface area contributed by atoms with Gasteiger partial charge in [-0.1, -0.05) is 0 Å². The molecular weight excluding hydrogens is 132 g/mol. The zero-order valence-corrected chi connectivity index (χ0v) is 4.77. The molecule has 0 atom stereocenters. The van der Waals surface area contributed by atoms with Crippen molar-refractivity contribution in [1.82, 2.24) is 0 Å². The average Bonchev–Trinajstić information content (AvgIpc) is 2.33. The highest BCUT2D eigenvalue weighted by molar-refractivity contribution is 6.67. The number of amidine groups is 1. The van der Waals surface area contributed by atoms with Gasteiger partial charge in [0.2, 0.25) is 0 Å². The zero-order valence-electron chi connectivity index (χ0n) is 4.77. The average molecular weight is 133 g/mol. The lowest BCUT2D eigenvalue weighted by atomic mass is 10.3. The van der Waals surface area contributed by atoms with Crippen LogP contribution in [0.5, 0.6) is 0 Å². The molecule has 0 N–H and O–H groups in total. The van der Waals surface area contributed by atoms with Crippen LogP contribution in [-0.4, -0.2) is 30.1 Å². The molecule has 10 heavy (non-hydrogen) atoms. The molecular formula is C5HN4O. The highest BCUT2D eigenvalue weighted by atomic mass is 16.2. The lowest BCUT2D eigenvalue weighted by molar-refractivity contribution is 0.257. The lowest BCUT2D eigenvalue weighted by Gasteiger charge is -1.94. The predicted octanol–water partition coefficient (Wildman–Crippen LogP) is -0.0508. The van der Waals surface area contributed by atoms with Crippen LogP contribution in [0.25, 0.3) is 0 Å². The van der Waals surface area contributed by atoms with E-state index in [-0.39, 0.29) is 0 Å². The Morgan fingerprint density at radius 1 is 1.50 bits per heavy atom. The molecule has 0 aromatic rings. The summed E-state index contributed by atoms with van der Waals surface area (Å²) in [4.78, 5) is 24.6. The summed E-state index contributed by atoms with van der Waals surface area (Å²) in [5, 5.41) is 0. The van der Waals surface area contributed by atoms with Gasteiger partial charge in [-0.15, -0.1) is 0 Å².